The highest BCUT2D eigenvalue weighted by Crippen LogP contribution is 2.32. The summed E-state index contributed by atoms with van der Waals surface area (Å²) < 4.78 is 11.4. The van der Waals surface area contributed by atoms with Crippen LogP contribution in [-0.4, -0.2) is 18.0 Å². The van der Waals surface area contributed by atoms with Crippen molar-refractivity contribution in [2.24, 2.45) is 0 Å². The fourth-order valence-corrected chi connectivity index (χ4v) is 4.82. The van der Waals surface area contributed by atoms with Crippen molar-refractivity contribution < 1.29 is 14.3 Å². The summed E-state index contributed by atoms with van der Waals surface area (Å²) >= 11 is 13.9. The second kappa shape index (κ2) is 11.6. The first kappa shape index (κ1) is 25.8. The molecule has 3 aromatic carbocycles. The summed E-state index contributed by atoms with van der Waals surface area (Å²) in [7, 11) is 1.56. The summed E-state index contributed by atoms with van der Waals surface area (Å²) in [5, 5.41) is 4.47. The topological polar surface area (TPSA) is 60.5 Å². The Morgan fingerprint density at radius 2 is 1.75 bits per heavy atom. The van der Waals surface area contributed by atoms with E-state index in [4.69, 9.17) is 32.7 Å². The van der Waals surface area contributed by atoms with Crippen LogP contribution >= 0.6 is 34.5 Å². The summed E-state index contributed by atoms with van der Waals surface area (Å²) in [6, 6.07) is 18.9. The van der Waals surface area contributed by atoms with Crippen LogP contribution in [0.25, 0.3) is 17.3 Å². The maximum atomic E-state index is 12.5. The molecule has 0 bridgehead atoms. The number of hydrogen-bond donors (Lipinski definition) is 1. The Morgan fingerprint density at radius 3 is 2.44 bits per heavy atom. The first-order valence-corrected chi connectivity index (χ1v) is 12.7. The van der Waals surface area contributed by atoms with Crippen molar-refractivity contribution in [1.82, 2.24) is 4.98 Å². The zero-order valence-corrected chi connectivity index (χ0v) is 22.3. The number of methoxy groups -OCH3 is 1. The van der Waals surface area contributed by atoms with E-state index in [1.54, 1.807) is 43.5 Å². The number of amides is 1. The van der Waals surface area contributed by atoms with Crippen molar-refractivity contribution in [3.05, 3.63) is 98.4 Å². The number of carbonyl (C=O) groups is 1. The highest BCUT2D eigenvalue weighted by Gasteiger charge is 2.12. The smallest absolute Gasteiger partial charge is 0.250 e. The molecule has 0 atom stereocenters. The van der Waals surface area contributed by atoms with E-state index in [2.05, 4.69) is 10.3 Å². The number of halogens is 2. The molecule has 0 aliphatic carbocycles. The van der Waals surface area contributed by atoms with Crippen molar-refractivity contribution in [1.29, 1.82) is 0 Å². The third-order valence-electron chi connectivity index (χ3n) is 5.40. The molecule has 8 heteroatoms. The lowest BCUT2D eigenvalue weighted by atomic mass is 10.1. The highest BCUT2D eigenvalue weighted by molar-refractivity contribution is 7.16. The Labute approximate surface area is 224 Å². The van der Waals surface area contributed by atoms with E-state index in [0.29, 0.717) is 32.2 Å². The summed E-state index contributed by atoms with van der Waals surface area (Å²) in [6.45, 7) is 4.24. The lowest BCUT2D eigenvalue weighted by Crippen LogP contribution is -2.07. The molecule has 0 aliphatic heterocycles. The largest absolute Gasteiger partial charge is 0.493 e. The number of aromatic nitrogens is 1. The molecule has 4 aromatic rings. The minimum absolute atomic E-state index is 0.199. The van der Waals surface area contributed by atoms with Crippen LogP contribution in [-0.2, 0) is 11.4 Å². The summed E-state index contributed by atoms with van der Waals surface area (Å²) in [6.07, 6.45) is 3.16. The van der Waals surface area contributed by atoms with E-state index in [1.807, 2.05) is 44.2 Å². The monoisotopic (exact) mass is 538 g/mol. The third-order valence-corrected chi connectivity index (χ3v) is 6.99. The van der Waals surface area contributed by atoms with Crippen LogP contribution in [0.2, 0.25) is 10.0 Å². The van der Waals surface area contributed by atoms with Gasteiger partial charge in [0.15, 0.2) is 16.6 Å². The molecular weight excluding hydrogens is 515 g/mol. The van der Waals surface area contributed by atoms with Gasteiger partial charge in [0.25, 0.3) is 0 Å². The molecule has 1 amide bonds. The predicted octanol–water partition coefficient (Wildman–Crippen LogP) is 7.97. The molecule has 0 saturated heterocycles. The number of hydrogen-bond acceptors (Lipinski definition) is 5. The van der Waals surface area contributed by atoms with Gasteiger partial charge in [-0.3, -0.25) is 10.1 Å². The second-order valence-electron chi connectivity index (χ2n) is 8.01. The van der Waals surface area contributed by atoms with Crippen molar-refractivity contribution in [2.45, 2.75) is 20.5 Å². The molecule has 4 rings (SSSR count). The van der Waals surface area contributed by atoms with Crippen molar-refractivity contribution >= 4 is 51.7 Å². The molecule has 0 fully saturated rings. The van der Waals surface area contributed by atoms with Crippen LogP contribution in [0.1, 0.15) is 21.6 Å². The molecule has 36 heavy (non-hydrogen) atoms. The molecule has 5 nitrogen and oxygen atoms in total. The molecule has 0 spiro atoms. The average molecular weight is 539 g/mol. The van der Waals surface area contributed by atoms with Gasteiger partial charge in [-0.05, 0) is 49.8 Å². The normalized spacial score (nSPS) is 11.0. The van der Waals surface area contributed by atoms with Crippen LogP contribution < -0.4 is 14.8 Å². The Bertz CT molecular complexity index is 1390. The number of nitrogens with one attached hydrogen (secondary N) is 1. The van der Waals surface area contributed by atoms with Gasteiger partial charge in [-0.25, -0.2) is 4.98 Å². The molecule has 184 valence electrons. The molecule has 0 radical (unpaired) electrons. The fourth-order valence-electron chi connectivity index (χ4n) is 3.48. The van der Waals surface area contributed by atoms with Crippen LogP contribution in [0.4, 0.5) is 5.13 Å². The minimum atomic E-state index is -0.271. The van der Waals surface area contributed by atoms with E-state index in [-0.39, 0.29) is 12.5 Å². The zero-order chi connectivity index (χ0) is 25.7. The molecule has 0 aliphatic rings. The Hall–Kier alpha value is -3.32. The van der Waals surface area contributed by atoms with Crippen molar-refractivity contribution in [3.8, 4) is 22.8 Å². The first-order chi connectivity index (χ1) is 17.3. The van der Waals surface area contributed by atoms with Crippen molar-refractivity contribution in [3.63, 3.8) is 0 Å². The van der Waals surface area contributed by atoms with Crippen LogP contribution in [0.5, 0.6) is 11.5 Å². The third kappa shape index (κ3) is 6.26. The number of rotatable bonds is 8. The van der Waals surface area contributed by atoms with Crippen LogP contribution in [0.15, 0.2) is 66.7 Å². The standard InChI is InChI=1S/C28H24Cl2N2O3S/c1-17-7-11-20(12-8-17)27-18(2)36-28(32-27)31-26(33)14-10-19-9-13-24(25(15-19)34-3)35-16-21-22(29)5-4-6-23(21)30/h4-15H,16H2,1-3H3,(H,31,32,33)/b14-10+. The Morgan fingerprint density at radius 1 is 1.03 bits per heavy atom. The summed E-state index contributed by atoms with van der Waals surface area (Å²) in [5.41, 5.74) is 4.56. The van der Waals surface area contributed by atoms with E-state index in [1.165, 1.54) is 23.0 Å². The molecular formula is C28H24Cl2N2O3S. The lowest BCUT2D eigenvalue weighted by Gasteiger charge is -2.13. The van der Waals surface area contributed by atoms with Gasteiger partial charge in [-0.2, -0.15) is 0 Å². The van der Waals surface area contributed by atoms with Gasteiger partial charge in [0.1, 0.15) is 6.61 Å². The van der Waals surface area contributed by atoms with Crippen molar-refractivity contribution in [2.75, 3.05) is 12.4 Å². The fraction of sp³-hybridized carbons (Fsp3) is 0.143. The number of anilines is 1. The minimum Gasteiger partial charge on any atom is -0.493 e. The maximum Gasteiger partial charge on any atom is 0.250 e. The number of ether oxygens (including phenoxy) is 2. The number of carbonyl (C=O) groups excluding carboxylic acids is 1. The van der Waals surface area contributed by atoms with E-state index in [0.717, 1.165) is 21.7 Å². The number of aryl methyl sites for hydroxylation is 2. The molecule has 1 aromatic heterocycles. The van der Waals surface area contributed by atoms with Crippen LogP contribution in [0, 0.1) is 13.8 Å². The second-order valence-corrected chi connectivity index (χ2v) is 10.0. The quantitative estimate of drug-likeness (QED) is 0.231. The van der Waals surface area contributed by atoms with Gasteiger partial charge in [0, 0.05) is 32.1 Å². The lowest BCUT2D eigenvalue weighted by molar-refractivity contribution is -0.111. The van der Waals surface area contributed by atoms with Crippen LogP contribution in [0.3, 0.4) is 0 Å². The van der Waals surface area contributed by atoms with Gasteiger partial charge in [0.05, 0.1) is 12.8 Å². The average Bonchev–Trinajstić information content (AvgIpc) is 3.22. The predicted molar refractivity (Wildman–Crippen MR) is 148 cm³/mol. The van der Waals surface area contributed by atoms with E-state index >= 15 is 0 Å². The zero-order valence-electron chi connectivity index (χ0n) is 20.0. The van der Waals surface area contributed by atoms with Gasteiger partial charge in [0.2, 0.25) is 5.91 Å². The number of benzene rings is 3. The molecule has 0 unspecified atom stereocenters. The van der Waals surface area contributed by atoms with E-state index < -0.39 is 0 Å². The molecule has 1 heterocycles. The number of thiazole rings is 1. The summed E-state index contributed by atoms with van der Waals surface area (Å²) in [5.74, 6) is 0.794. The molecule has 0 saturated carbocycles. The maximum absolute atomic E-state index is 12.5. The van der Waals surface area contributed by atoms with E-state index in [9.17, 15) is 4.79 Å². The SMILES string of the molecule is COc1cc(/C=C/C(=O)Nc2nc(-c3ccc(C)cc3)c(C)s2)ccc1OCc1c(Cl)cccc1Cl. The Kier molecular flexibility index (Phi) is 8.31. The van der Waals surface area contributed by atoms with Gasteiger partial charge >= 0.3 is 0 Å². The first-order valence-electron chi connectivity index (χ1n) is 11.1. The highest BCUT2D eigenvalue weighted by atomic mass is 35.5. The summed E-state index contributed by atoms with van der Waals surface area (Å²) in [4.78, 5) is 18.2. The van der Waals surface area contributed by atoms with Gasteiger partial charge in [-0.15, -0.1) is 11.3 Å². The Balaban J connectivity index is 1.41. The van der Waals surface area contributed by atoms with Gasteiger partial charge in [-0.1, -0.05) is 65.2 Å². The number of nitrogens with zero attached hydrogens (tertiary/aromatic N) is 1. The van der Waals surface area contributed by atoms with Gasteiger partial charge < -0.3 is 9.47 Å². The molecule has 1 N–H and O–H groups in total.